The molecule has 0 spiro atoms. The third-order valence-corrected chi connectivity index (χ3v) is 5.84. The van der Waals surface area contributed by atoms with Gasteiger partial charge < -0.3 is 31.6 Å². The summed E-state index contributed by atoms with van der Waals surface area (Å²) in [7, 11) is 1.56. The minimum atomic E-state index is -0.0870. The molecule has 6 N–H and O–H groups in total. The van der Waals surface area contributed by atoms with Crippen molar-refractivity contribution in [2.45, 2.75) is 32.2 Å². The molecule has 1 aliphatic carbocycles. The first-order valence-corrected chi connectivity index (χ1v) is 11.2. The summed E-state index contributed by atoms with van der Waals surface area (Å²) in [6, 6.07) is 7.83. The predicted octanol–water partition coefficient (Wildman–Crippen LogP) is 2.32. The number of carbonyl (C=O) groups is 1. The van der Waals surface area contributed by atoms with E-state index in [1.54, 1.807) is 24.8 Å². The highest BCUT2D eigenvalue weighted by Gasteiger charge is 2.29. The lowest BCUT2D eigenvalue weighted by Gasteiger charge is -2.17. The zero-order valence-electron chi connectivity index (χ0n) is 19.3. The number of aromatic nitrogens is 2. The number of methoxy groups -OCH3 is 1. The van der Waals surface area contributed by atoms with Crippen LogP contribution in [0.5, 0.6) is 5.75 Å². The van der Waals surface area contributed by atoms with Crippen LogP contribution in [0.15, 0.2) is 47.7 Å². The zero-order chi connectivity index (χ0) is 24.2. The Hall–Kier alpha value is -3.97. The van der Waals surface area contributed by atoms with Crippen molar-refractivity contribution in [1.29, 1.82) is 5.26 Å². The number of anilines is 1. The Morgan fingerprint density at radius 3 is 2.74 bits per heavy atom. The van der Waals surface area contributed by atoms with Crippen LogP contribution in [-0.2, 0) is 9.53 Å². The number of hydrogen-bond acceptors (Lipinski definition) is 8. The number of nitrogens with two attached hydrogens (primary N) is 2. The first kappa shape index (κ1) is 23.2. The van der Waals surface area contributed by atoms with Crippen LogP contribution in [-0.4, -0.2) is 36.0 Å². The second-order valence-corrected chi connectivity index (χ2v) is 8.47. The molecule has 1 atom stereocenters. The first-order chi connectivity index (χ1) is 16.4. The smallest absolute Gasteiger partial charge is 0.228 e. The summed E-state index contributed by atoms with van der Waals surface area (Å²) in [5.74, 6) is 0.672. The molecule has 0 bridgehead atoms. The number of allylic oxidation sites excluding steroid dienone is 2. The van der Waals surface area contributed by atoms with Crippen LogP contribution in [0.25, 0.3) is 11.1 Å². The molecule has 1 unspecified atom stereocenters. The molecule has 2 aromatic rings. The molecule has 1 aromatic carbocycles. The van der Waals surface area contributed by atoms with Crippen LogP contribution in [0.2, 0.25) is 0 Å². The lowest BCUT2D eigenvalue weighted by atomic mass is 10.0. The number of rotatable bonds is 8. The summed E-state index contributed by atoms with van der Waals surface area (Å²) in [6.07, 6.45) is 6.06. The van der Waals surface area contributed by atoms with E-state index in [1.807, 2.05) is 24.4 Å². The fraction of sp³-hybridized carbons (Fsp3) is 0.375. The average molecular weight is 464 g/mol. The van der Waals surface area contributed by atoms with Crippen LogP contribution < -0.4 is 26.8 Å². The van der Waals surface area contributed by atoms with Gasteiger partial charge >= 0.3 is 0 Å². The standard InChI is InChI=1S/C24H29N7O3/c1-14(26)20(10-22(27)29-24(32)15-6-7-15)28-19-5-3-4-17(23(19)33-2)18-12-31(30-21(18)11-25)16-8-9-34-13-16/h3-5,10,12,15-16,28H,6-9,13,26-27H2,1-2H3,(H,29,32)/b20-14+,22-10+. The molecule has 10 nitrogen and oxygen atoms in total. The molecule has 10 heteroatoms. The van der Waals surface area contributed by atoms with Crippen molar-refractivity contribution < 1.29 is 14.3 Å². The summed E-state index contributed by atoms with van der Waals surface area (Å²) < 4.78 is 13.0. The topological polar surface area (TPSA) is 153 Å². The predicted molar refractivity (Wildman–Crippen MR) is 127 cm³/mol. The fourth-order valence-electron chi connectivity index (χ4n) is 3.83. The molecule has 1 aromatic heterocycles. The van der Waals surface area contributed by atoms with Crippen molar-refractivity contribution in [2.24, 2.45) is 17.4 Å². The Balaban J connectivity index is 1.65. The van der Waals surface area contributed by atoms with Crippen LogP contribution in [0.4, 0.5) is 5.69 Å². The van der Waals surface area contributed by atoms with Crippen molar-refractivity contribution in [1.82, 2.24) is 15.1 Å². The van der Waals surface area contributed by atoms with Crippen molar-refractivity contribution in [2.75, 3.05) is 25.6 Å². The maximum atomic E-state index is 12.0. The van der Waals surface area contributed by atoms with Crippen LogP contribution in [0.3, 0.4) is 0 Å². The number of hydrogen-bond donors (Lipinski definition) is 4. The minimum Gasteiger partial charge on any atom is -0.494 e. The molecule has 34 heavy (non-hydrogen) atoms. The van der Waals surface area contributed by atoms with E-state index in [-0.39, 0.29) is 23.7 Å². The first-order valence-electron chi connectivity index (χ1n) is 11.2. The van der Waals surface area contributed by atoms with Gasteiger partial charge in [-0.3, -0.25) is 9.48 Å². The van der Waals surface area contributed by atoms with Crippen molar-refractivity contribution >= 4 is 11.6 Å². The molecule has 2 aliphatic rings. The third kappa shape index (κ3) is 5.00. The Morgan fingerprint density at radius 1 is 1.32 bits per heavy atom. The van der Waals surface area contributed by atoms with Crippen LogP contribution in [0, 0.1) is 17.2 Å². The molecule has 178 valence electrons. The van der Waals surface area contributed by atoms with E-state index in [9.17, 15) is 10.1 Å². The lowest BCUT2D eigenvalue weighted by molar-refractivity contribution is -0.121. The molecule has 0 radical (unpaired) electrons. The highest BCUT2D eigenvalue weighted by molar-refractivity contribution is 5.83. The number of ether oxygens (including phenoxy) is 2. The highest BCUT2D eigenvalue weighted by Crippen LogP contribution is 2.39. The van der Waals surface area contributed by atoms with E-state index >= 15 is 0 Å². The van der Waals surface area contributed by atoms with Gasteiger partial charge in [0.05, 0.1) is 31.1 Å². The maximum Gasteiger partial charge on any atom is 0.228 e. The van der Waals surface area contributed by atoms with E-state index in [0.29, 0.717) is 52.9 Å². The normalized spacial score (nSPS) is 18.7. The Morgan fingerprint density at radius 2 is 2.12 bits per heavy atom. The van der Waals surface area contributed by atoms with Gasteiger partial charge in [-0.2, -0.15) is 10.4 Å². The van der Waals surface area contributed by atoms with Crippen LogP contribution >= 0.6 is 0 Å². The SMILES string of the molecule is COc1c(NC(/C=C(\N)NC(=O)C2CC2)=C(\C)N)cccc1-c1cn(C2CCOC2)nc1C#N. The van der Waals surface area contributed by atoms with E-state index in [2.05, 4.69) is 21.8 Å². The number of benzene rings is 1. The molecule has 2 fully saturated rings. The average Bonchev–Trinajstić information content (AvgIpc) is 3.36. The van der Waals surface area contributed by atoms with Gasteiger partial charge in [-0.05, 0) is 32.3 Å². The fourth-order valence-corrected chi connectivity index (χ4v) is 3.83. The molecule has 2 heterocycles. The van der Waals surface area contributed by atoms with E-state index in [1.165, 1.54) is 0 Å². The molecular formula is C24H29N7O3. The maximum absolute atomic E-state index is 12.0. The van der Waals surface area contributed by atoms with Gasteiger partial charge in [0.15, 0.2) is 5.69 Å². The second-order valence-electron chi connectivity index (χ2n) is 8.47. The van der Waals surface area contributed by atoms with Gasteiger partial charge in [-0.25, -0.2) is 0 Å². The molecule has 1 aliphatic heterocycles. The third-order valence-electron chi connectivity index (χ3n) is 5.84. The Bertz CT molecular complexity index is 1180. The van der Waals surface area contributed by atoms with Crippen molar-refractivity contribution in [3.05, 3.63) is 53.4 Å². The van der Waals surface area contributed by atoms with Gasteiger partial charge in [0.1, 0.15) is 17.6 Å². The van der Waals surface area contributed by atoms with Gasteiger partial charge in [0.25, 0.3) is 0 Å². The van der Waals surface area contributed by atoms with Gasteiger partial charge in [0.2, 0.25) is 5.91 Å². The van der Waals surface area contributed by atoms with E-state index in [0.717, 1.165) is 19.3 Å². The number of nitrogens with one attached hydrogen (secondary N) is 2. The summed E-state index contributed by atoms with van der Waals surface area (Å²) >= 11 is 0. The molecule has 1 amide bonds. The number of amides is 1. The number of nitrogens with zero attached hydrogens (tertiary/aromatic N) is 3. The summed E-state index contributed by atoms with van der Waals surface area (Å²) in [5.41, 5.74) is 15.4. The van der Waals surface area contributed by atoms with E-state index < -0.39 is 0 Å². The van der Waals surface area contributed by atoms with Crippen molar-refractivity contribution in [3.63, 3.8) is 0 Å². The van der Waals surface area contributed by atoms with E-state index in [4.69, 9.17) is 20.9 Å². The Labute approximate surface area is 198 Å². The van der Waals surface area contributed by atoms with Gasteiger partial charge in [-0.1, -0.05) is 12.1 Å². The summed E-state index contributed by atoms with van der Waals surface area (Å²) in [6.45, 7) is 2.97. The molecular weight excluding hydrogens is 434 g/mol. The number of nitriles is 1. The summed E-state index contributed by atoms with van der Waals surface area (Å²) in [4.78, 5) is 12.0. The molecule has 1 saturated heterocycles. The largest absolute Gasteiger partial charge is 0.494 e. The molecule has 4 rings (SSSR count). The minimum absolute atomic E-state index is 0.0362. The summed E-state index contributed by atoms with van der Waals surface area (Å²) in [5, 5.41) is 20.1. The lowest BCUT2D eigenvalue weighted by Crippen LogP contribution is -2.29. The Kier molecular flexibility index (Phi) is 6.75. The highest BCUT2D eigenvalue weighted by atomic mass is 16.5. The van der Waals surface area contributed by atoms with Crippen molar-refractivity contribution in [3.8, 4) is 22.9 Å². The quantitative estimate of drug-likeness (QED) is 0.435. The molecule has 1 saturated carbocycles. The second kappa shape index (κ2) is 9.89. The zero-order valence-corrected chi connectivity index (χ0v) is 19.3. The van der Waals surface area contributed by atoms with Crippen LogP contribution in [0.1, 0.15) is 37.9 Å². The van der Waals surface area contributed by atoms with Gasteiger partial charge in [-0.15, -0.1) is 0 Å². The van der Waals surface area contributed by atoms with Gasteiger partial charge in [0, 0.05) is 41.6 Å². The number of carbonyl (C=O) groups excluding carboxylic acids is 1. The number of para-hydroxylation sites is 1. The monoisotopic (exact) mass is 463 g/mol.